The van der Waals surface area contributed by atoms with Crippen molar-refractivity contribution in [3.63, 3.8) is 0 Å². The molecule has 2 heterocycles. The molecule has 0 amide bonds. The molecule has 244 valence electrons. The molecule has 0 aliphatic heterocycles. The largest absolute Gasteiger partial charge is 0.489 e. The van der Waals surface area contributed by atoms with Crippen LogP contribution < -0.4 is 18.9 Å². The Bertz CT molecular complexity index is 2320. The molecule has 0 unspecified atom stereocenters. The number of nitrogens with one attached hydrogen (secondary N) is 2. The second kappa shape index (κ2) is 15.3. The van der Waals surface area contributed by atoms with E-state index in [9.17, 15) is 0 Å². The molecular formula is C43H33N3O4. The van der Waals surface area contributed by atoms with Crippen molar-refractivity contribution in [3.05, 3.63) is 181 Å². The lowest BCUT2D eigenvalue weighted by atomic mass is 10.2. The fourth-order valence-electron chi connectivity index (χ4n) is 5.31. The zero-order valence-electron chi connectivity index (χ0n) is 27.1. The number of fused-ring (bicyclic) bond motifs is 2. The maximum atomic E-state index is 9.14. The number of hydrogen-bond acceptors (Lipinski definition) is 5. The van der Waals surface area contributed by atoms with E-state index in [4.69, 9.17) is 24.2 Å². The Kier molecular flexibility index (Phi) is 9.71. The zero-order valence-corrected chi connectivity index (χ0v) is 27.1. The quantitative estimate of drug-likeness (QED) is 0.153. The molecule has 0 bridgehead atoms. The van der Waals surface area contributed by atoms with Crippen LogP contribution in [-0.2, 0) is 13.2 Å². The van der Waals surface area contributed by atoms with Crippen LogP contribution in [0.25, 0.3) is 21.8 Å². The molecule has 0 spiro atoms. The highest BCUT2D eigenvalue weighted by Gasteiger charge is 2.06. The molecule has 7 heteroatoms. The normalized spacial score (nSPS) is 10.5. The standard InChI is InChI=1S/C22H16N2O2.C21H17NO2/c23-13-17-14-24-22-11-10-20(12-21(17)22)26-19-8-6-18(7-9-19)25-15-16-4-2-1-3-5-16;1-2-4-16(5-3-1)15-23-18-6-8-19(9-7-18)24-20-10-11-21-17(14-20)12-13-22-21/h1-12,14,24H,15H2;1-14,22H,15H2. The average Bonchev–Trinajstić information content (AvgIpc) is 3.82. The van der Waals surface area contributed by atoms with Gasteiger partial charge in [-0.1, -0.05) is 60.7 Å². The van der Waals surface area contributed by atoms with Crippen LogP contribution in [0.4, 0.5) is 0 Å². The van der Waals surface area contributed by atoms with Crippen molar-refractivity contribution in [2.75, 3.05) is 0 Å². The molecule has 0 aliphatic rings. The van der Waals surface area contributed by atoms with Crippen LogP contribution in [0.2, 0.25) is 0 Å². The molecule has 0 atom stereocenters. The van der Waals surface area contributed by atoms with E-state index >= 15 is 0 Å². The number of aromatic amines is 2. The van der Waals surface area contributed by atoms with E-state index in [2.05, 4.69) is 28.2 Å². The van der Waals surface area contributed by atoms with Gasteiger partial charge in [-0.3, -0.25) is 0 Å². The molecule has 8 rings (SSSR count). The number of H-pyrrole nitrogens is 2. The summed E-state index contributed by atoms with van der Waals surface area (Å²) >= 11 is 0. The first kappa shape index (κ1) is 31.7. The summed E-state index contributed by atoms with van der Waals surface area (Å²) in [5.74, 6) is 4.62. The lowest BCUT2D eigenvalue weighted by molar-refractivity contribution is 0.305. The number of rotatable bonds is 10. The average molecular weight is 656 g/mol. The van der Waals surface area contributed by atoms with Crippen molar-refractivity contribution < 1.29 is 18.9 Å². The first-order valence-electron chi connectivity index (χ1n) is 16.2. The third-order valence-electron chi connectivity index (χ3n) is 7.91. The van der Waals surface area contributed by atoms with Gasteiger partial charge in [-0.15, -0.1) is 0 Å². The lowest BCUT2D eigenvalue weighted by Crippen LogP contribution is -1.94. The van der Waals surface area contributed by atoms with Gasteiger partial charge in [0.2, 0.25) is 0 Å². The second-order valence-electron chi connectivity index (χ2n) is 11.4. The Morgan fingerprint density at radius 1 is 0.480 bits per heavy atom. The fraction of sp³-hybridized carbons (Fsp3) is 0.0465. The Labute approximate surface area is 289 Å². The molecule has 7 nitrogen and oxygen atoms in total. The van der Waals surface area contributed by atoms with Crippen molar-refractivity contribution in [2.24, 2.45) is 0 Å². The summed E-state index contributed by atoms with van der Waals surface area (Å²) in [6.07, 6.45) is 3.63. The Hall–Kier alpha value is -6.91. The number of ether oxygens (including phenoxy) is 4. The molecule has 6 aromatic carbocycles. The van der Waals surface area contributed by atoms with E-state index in [1.54, 1.807) is 6.20 Å². The Balaban J connectivity index is 0.000000157. The molecule has 0 aliphatic carbocycles. The number of benzene rings is 6. The summed E-state index contributed by atoms with van der Waals surface area (Å²) in [4.78, 5) is 6.24. The summed E-state index contributed by atoms with van der Waals surface area (Å²) in [6.45, 7) is 1.09. The lowest BCUT2D eigenvalue weighted by Gasteiger charge is -2.09. The van der Waals surface area contributed by atoms with E-state index < -0.39 is 0 Å². The highest BCUT2D eigenvalue weighted by molar-refractivity contribution is 5.87. The number of nitriles is 1. The van der Waals surface area contributed by atoms with E-state index in [1.165, 1.54) is 0 Å². The summed E-state index contributed by atoms with van der Waals surface area (Å²) in [5.41, 5.74) is 4.90. The molecule has 50 heavy (non-hydrogen) atoms. The zero-order chi connectivity index (χ0) is 34.0. The molecule has 0 saturated heterocycles. The van der Waals surface area contributed by atoms with Gasteiger partial charge in [0.1, 0.15) is 53.8 Å². The second-order valence-corrected chi connectivity index (χ2v) is 11.4. The summed E-state index contributed by atoms with van der Waals surface area (Å²) in [6, 6.07) is 51.2. The third kappa shape index (κ3) is 8.14. The first-order valence-corrected chi connectivity index (χ1v) is 16.2. The number of nitrogens with zero attached hydrogens (tertiary/aromatic N) is 1. The Morgan fingerprint density at radius 2 is 0.980 bits per heavy atom. The van der Waals surface area contributed by atoms with Crippen LogP contribution >= 0.6 is 0 Å². The summed E-state index contributed by atoms with van der Waals surface area (Å²) < 4.78 is 23.4. The van der Waals surface area contributed by atoms with Crippen LogP contribution in [0.1, 0.15) is 16.7 Å². The third-order valence-corrected chi connectivity index (χ3v) is 7.91. The van der Waals surface area contributed by atoms with E-state index in [0.717, 1.165) is 55.9 Å². The van der Waals surface area contributed by atoms with Crippen LogP contribution in [-0.4, -0.2) is 9.97 Å². The van der Waals surface area contributed by atoms with Crippen molar-refractivity contribution >= 4 is 21.8 Å². The minimum absolute atomic E-state index is 0.530. The molecule has 8 aromatic rings. The highest BCUT2D eigenvalue weighted by Crippen LogP contribution is 2.29. The van der Waals surface area contributed by atoms with Gasteiger partial charge in [0, 0.05) is 34.2 Å². The smallest absolute Gasteiger partial charge is 0.128 e. The monoisotopic (exact) mass is 655 g/mol. The maximum absolute atomic E-state index is 9.14. The predicted octanol–water partition coefficient (Wildman–Crippen LogP) is 11.0. The molecule has 2 N–H and O–H groups in total. The van der Waals surface area contributed by atoms with Crippen molar-refractivity contribution in [2.45, 2.75) is 13.2 Å². The van der Waals surface area contributed by atoms with Gasteiger partial charge in [0.05, 0.1) is 5.56 Å². The van der Waals surface area contributed by atoms with Gasteiger partial charge in [0.15, 0.2) is 0 Å². The minimum Gasteiger partial charge on any atom is -0.489 e. The van der Waals surface area contributed by atoms with Crippen LogP contribution in [0.3, 0.4) is 0 Å². The minimum atomic E-state index is 0.530. The molecule has 0 saturated carbocycles. The summed E-state index contributed by atoms with van der Waals surface area (Å²) in [7, 11) is 0. The van der Waals surface area contributed by atoms with E-state index in [-0.39, 0.29) is 0 Å². The number of hydrogen-bond donors (Lipinski definition) is 2. The molecule has 0 fully saturated rings. The molecule has 0 radical (unpaired) electrons. The fourth-order valence-corrected chi connectivity index (χ4v) is 5.31. The van der Waals surface area contributed by atoms with Gasteiger partial charge in [-0.2, -0.15) is 5.26 Å². The van der Waals surface area contributed by atoms with E-state index in [0.29, 0.717) is 30.3 Å². The number of aromatic nitrogens is 2. The van der Waals surface area contributed by atoms with Crippen LogP contribution in [0, 0.1) is 11.3 Å². The van der Waals surface area contributed by atoms with Gasteiger partial charge >= 0.3 is 0 Å². The maximum Gasteiger partial charge on any atom is 0.128 e. The SMILES string of the molecule is N#Cc1c[nH]c2ccc(Oc3ccc(OCc4ccccc4)cc3)cc12.c1ccc(COc2ccc(Oc3ccc4[nH]ccc4c3)cc2)cc1. The van der Waals surface area contributed by atoms with Gasteiger partial charge in [-0.25, -0.2) is 0 Å². The Morgan fingerprint density at radius 3 is 1.54 bits per heavy atom. The highest BCUT2D eigenvalue weighted by atomic mass is 16.5. The van der Waals surface area contributed by atoms with Crippen molar-refractivity contribution in [1.82, 2.24) is 9.97 Å². The van der Waals surface area contributed by atoms with Crippen LogP contribution in [0.5, 0.6) is 34.5 Å². The van der Waals surface area contributed by atoms with Crippen LogP contribution in [0.15, 0.2) is 164 Å². The van der Waals surface area contributed by atoms with Crippen molar-refractivity contribution in [1.29, 1.82) is 5.26 Å². The molecule has 2 aromatic heterocycles. The topological polar surface area (TPSA) is 92.3 Å². The van der Waals surface area contributed by atoms with E-state index in [1.807, 2.05) is 146 Å². The first-order chi connectivity index (χ1) is 24.7. The van der Waals surface area contributed by atoms with Gasteiger partial charge in [-0.05, 0) is 102 Å². The van der Waals surface area contributed by atoms with Crippen molar-refractivity contribution in [3.8, 4) is 40.6 Å². The van der Waals surface area contributed by atoms with Gasteiger partial charge < -0.3 is 28.9 Å². The molecular weight excluding hydrogens is 622 g/mol. The van der Waals surface area contributed by atoms with Gasteiger partial charge in [0.25, 0.3) is 0 Å². The predicted molar refractivity (Wildman–Crippen MR) is 196 cm³/mol. The summed E-state index contributed by atoms with van der Waals surface area (Å²) in [5, 5.41) is 11.1.